The number of aromatic amines is 1. The second-order valence-corrected chi connectivity index (χ2v) is 5.98. The number of aryl methyl sites for hydroxylation is 1. The molecular formula is C14H21N3O3S. The highest BCUT2D eigenvalue weighted by Gasteiger charge is 2.16. The molecule has 0 aromatic carbocycles. The van der Waals surface area contributed by atoms with Gasteiger partial charge in [0.1, 0.15) is 0 Å². The molecule has 1 aliphatic heterocycles. The number of hydrogen-bond acceptors (Lipinski definition) is 5. The smallest absolute Gasteiger partial charge is 0.254 e. The van der Waals surface area contributed by atoms with Gasteiger partial charge in [0.25, 0.3) is 5.56 Å². The summed E-state index contributed by atoms with van der Waals surface area (Å²) in [5, 5.41) is 3.33. The van der Waals surface area contributed by atoms with Crippen LogP contribution in [-0.4, -0.2) is 40.9 Å². The average Bonchev–Trinajstić information content (AvgIpc) is 2.96. The topological polar surface area (TPSA) is 84.1 Å². The van der Waals surface area contributed by atoms with Crippen LogP contribution in [0.25, 0.3) is 0 Å². The fourth-order valence-corrected chi connectivity index (χ4v) is 3.02. The molecule has 2 rings (SSSR count). The van der Waals surface area contributed by atoms with E-state index in [-0.39, 0.29) is 23.3 Å². The monoisotopic (exact) mass is 311 g/mol. The maximum Gasteiger partial charge on any atom is 0.254 e. The number of hydrogen-bond donors (Lipinski definition) is 2. The Labute approximate surface area is 128 Å². The van der Waals surface area contributed by atoms with Crippen LogP contribution in [0.4, 0.5) is 0 Å². The van der Waals surface area contributed by atoms with Gasteiger partial charge in [-0.15, -0.1) is 0 Å². The minimum absolute atomic E-state index is 0.0737. The third-order valence-electron chi connectivity index (χ3n) is 3.44. The molecule has 1 aromatic heterocycles. The maximum absolute atomic E-state index is 11.8. The van der Waals surface area contributed by atoms with Crippen molar-refractivity contribution in [3.05, 3.63) is 21.6 Å². The van der Waals surface area contributed by atoms with E-state index in [4.69, 9.17) is 4.74 Å². The summed E-state index contributed by atoms with van der Waals surface area (Å²) in [5.74, 6) is 0.163. The van der Waals surface area contributed by atoms with Crippen molar-refractivity contribution < 1.29 is 9.53 Å². The van der Waals surface area contributed by atoms with Gasteiger partial charge in [0.2, 0.25) is 5.91 Å². The van der Waals surface area contributed by atoms with Gasteiger partial charge in [-0.3, -0.25) is 9.59 Å². The highest BCUT2D eigenvalue weighted by Crippen LogP contribution is 2.13. The number of carbonyl (C=O) groups excluding carboxylic acids is 1. The zero-order chi connectivity index (χ0) is 15.2. The molecule has 1 aliphatic rings. The molecule has 1 fully saturated rings. The van der Waals surface area contributed by atoms with E-state index in [2.05, 4.69) is 15.3 Å². The minimum Gasteiger partial charge on any atom is -0.376 e. The number of nitrogens with one attached hydrogen (secondary N) is 2. The molecule has 1 aromatic rings. The van der Waals surface area contributed by atoms with Crippen molar-refractivity contribution in [3.8, 4) is 0 Å². The van der Waals surface area contributed by atoms with Crippen LogP contribution >= 0.6 is 11.8 Å². The van der Waals surface area contributed by atoms with Crippen molar-refractivity contribution in [2.75, 3.05) is 18.9 Å². The highest BCUT2D eigenvalue weighted by molar-refractivity contribution is 7.99. The number of carbonyl (C=O) groups is 1. The Balaban J connectivity index is 1.82. The zero-order valence-electron chi connectivity index (χ0n) is 12.4. The molecule has 0 spiro atoms. The van der Waals surface area contributed by atoms with Crippen molar-refractivity contribution in [1.29, 1.82) is 0 Å². The molecule has 0 aliphatic carbocycles. The summed E-state index contributed by atoms with van der Waals surface area (Å²) in [5.41, 5.74) is 1.30. The van der Waals surface area contributed by atoms with Crippen LogP contribution in [0.1, 0.15) is 31.0 Å². The lowest BCUT2D eigenvalue weighted by Crippen LogP contribution is -2.33. The summed E-state index contributed by atoms with van der Waals surface area (Å²) < 4.78 is 5.44. The first-order valence-corrected chi connectivity index (χ1v) is 8.19. The third-order valence-corrected chi connectivity index (χ3v) is 4.32. The Morgan fingerprint density at radius 1 is 1.57 bits per heavy atom. The van der Waals surface area contributed by atoms with Crippen molar-refractivity contribution in [2.24, 2.45) is 0 Å². The molecule has 1 atom stereocenters. The largest absolute Gasteiger partial charge is 0.376 e. The van der Waals surface area contributed by atoms with Crippen molar-refractivity contribution in [3.63, 3.8) is 0 Å². The number of H-pyrrole nitrogens is 1. The number of rotatable bonds is 6. The summed E-state index contributed by atoms with van der Waals surface area (Å²) in [6, 6.07) is 0. The van der Waals surface area contributed by atoms with Gasteiger partial charge in [-0.1, -0.05) is 18.7 Å². The summed E-state index contributed by atoms with van der Waals surface area (Å²) in [7, 11) is 0. The summed E-state index contributed by atoms with van der Waals surface area (Å²) >= 11 is 1.24. The Morgan fingerprint density at radius 3 is 3.00 bits per heavy atom. The van der Waals surface area contributed by atoms with E-state index in [0.29, 0.717) is 23.7 Å². The molecule has 1 saturated heterocycles. The molecule has 21 heavy (non-hydrogen) atoms. The lowest BCUT2D eigenvalue weighted by Gasteiger charge is -2.10. The number of aromatic nitrogens is 2. The Morgan fingerprint density at radius 2 is 2.38 bits per heavy atom. The van der Waals surface area contributed by atoms with Crippen LogP contribution in [-0.2, 0) is 16.0 Å². The summed E-state index contributed by atoms with van der Waals surface area (Å²) in [6.07, 6.45) is 2.85. The summed E-state index contributed by atoms with van der Waals surface area (Å²) in [4.78, 5) is 30.6. The van der Waals surface area contributed by atoms with E-state index < -0.39 is 0 Å². The molecule has 6 nitrogen and oxygen atoms in total. The number of ether oxygens (including phenoxy) is 1. The zero-order valence-corrected chi connectivity index (χ0v) is 13.2. The molecule has 2 N–H and O–H groups in total. The van der Waals surface area contributed by atoms with E-state index in [1.807, 2.05) is 13.8 Å². The third kappa shape index (κ3) is 4.57. The van der Waals surface area contributed by atoms with Crippen molar-refractivity contribution in [2.45, 2.75) is 44.4 Å². The van der Waals surface area contributed by atoms with Crippen LogP contribution in [0, 0.1) is 6.92 Å². The first-order valence-electron chi connectivity index (χ1n) is 7.21. The fourth-order valence-electron chi connectivity index (χ4n) is 2.29. The first kappa shape index (κ1) is 16.0. The Bertz CT molecular complexity index is 553. The van der Waals surface area contributed by atoms with Gasteiger partial charge >= 0.3 is 0 Å². The van der Waals surface area contributed by atoms with E-state index in [1.165, 1.54) is 11.8 Å². The quantitative estimate of drug-likeness (QED) is 0.605. The molecule has 0 saturated carbocycles. The van der Waals surface area contributed by atoms with Gasteiger partial charge in [-0.2, -0.15) is 0 Å². The number of amides is 1. The van der Waals surface area contributed by atoms with Crippen LogP contribution in [0.5, 0.6) is 0 Å². The molecule has 0 bridgehead atoms. The predicted octanol–water partition coefficient (Wildman–Crippen LogP) is 1.03. The second-order valence-electron chi connectivity index (χ2n) is 5.02. The lowest BCUT2D eigenvalue weighted by molar-refractivity contribution is -0.119. The molecule has 1 amide bonds. The highest BCUT2D eigenvalue weighted by atomic mass is 32.2. The normalized spacial score (nSPS) is 17.9. The Hall–Kier alpha value is -1.34. The number of thioether (sulfide) groups is 1. The molecule has 2 heterocycles. The summed E-state index contributed by atoms with van der Waals surface area (Å²) in [6.45, 7) is 5.07. The standard InChI is InChI=1S/C14H21N3O3S/c1-3-11-9(2)16-14(17-13(11)19)21-8-12(18)15-7-10-5-4-6-20-10/h10H,3-8H2,1-2H3,(H,15,18)(H,16,17,19)/t10-/m0/s1. The lowest BCUT2D eigenvalue weighted by atomic mass is 10.2. The number of nitrogens with zero attached hydrogens (tertiary/aromatic N) is 1. The van der Waals surface area contributed by atoms with Crippen molar-refractivity contribution >= 4 is 17.7 Å². The average molecular weight is 311 g/mol. The van der Waals surface area contributed by atoms with Crippen LogP contribution in [0.2, 0.25) is 0 Å². The molecule has 0 unspecified atom stereocenters. The van der Waals surface area contributed by atoms with Gasteiger partial charge in [0.15, 0.2) is 5.16 Å². The Kier molecular flexibility index (Phi) is 5.81. The molecule has 116 valence electrons. The van der Waals surface area contributed by atoms with Gasteiger partial charge < -0.3 is 15.0 Å². The molecule has 7 heteroatoms. The van der Waals surface area contributed by atoms with Gasteiger partial charge in [-0.25, -0.2) is 4.98 Å². The fraction of sp³-hybridized carbons (Fsp3) is 0.643. The predicted molar refractivity (Wildman–Crippen MR) is 81.7 cm³/mol. The van der Waals surface area contributed by atoms with Gasteiger partial charge in [0, 0.05) is 24.4 Å². The second kappa shape index (κ2) is 7.61. The van der Waals surface area contributed by atoms with Crippen LogP contribution < -0.4 is 10.9 Å². The van der Waals surface area contributed by atoms with E-state index in [0.717, 1.165) is 25.1 Å². The van der Waals surface area contributed by atoms with E-state index in [9.17, 15) is 9.59 Å². The van der Waals surface area contributed by atoms with Crippen LogP contribution in [0.15, 0.2) is 9.95 Å². The van der Waals surface area contributed by atoms with Gasteiger partial charge in [-0.05, 0) is 26.2 Å². The van der Waals surface area contributed by atoms with Crippen LogP contribution in [0.3, 0.4) is 0 Å². The SMILES string of the molecule is CCc1c(C)nc(SCC(=O)NC[C@@H]2CCCO2)[nH]c1=O. The van der Waals surface area contributed by atoms with Gasteiger partial charge in [0.05, 0.1) is 11.9 Å². The minimum atomic E-state index is -0.118. The first-order chi connectivity index (χ1) is 10.1. The molecule has 0 radical (unpaired) electrons. The van der Waals surface area contributed by atoms with Crippen molar-refractivity contribution in [1.82, 2.24) is 15.3 Å². The van der Waals surface area contributed by atoms with E-state index in [1.54, 1.807) is 0 Å². The van der Waals surface area contributed by atoms with E-state index >= 15 is 0 Å². The maximum atomic E-state index is 11.8. The molecular weight excluding hydrogens is 290 g/mol.